The number of nitrogens with two attached hydrogens (primary N) is 1. The highest BCUT2D eigenvalue weighted by molar-refractivity contribution is 6.00. The van der Waals surface area contributed by atoms with E-state index in [4.69, 9.17) is 16.0 Å². The third-order valence-corrected chi connectivity index (χ3v) is 6.07. The SMILES string of the molecule is CCC1CN(C(=N)C(/C=C(/C)N)=C2/NC(C)=NO2)CCC1NC1CCCCC1. The molecule has 0 amide bonds. The predicted octanol–water partition coefficient (Wildman–Crippen LogP) is 3.01. The third-order valence-electron chi connectivity index (χ3n) is 6.07. The topological polar surface area (TPSA) is 98.8 Å². The minimum atomic E-state index is 0.451. The highest BCUT2D eigenvalue weighted by Crippen LogP contribution is 2.26. The van der Waals surface area contributed by atoms with Crippen molar-refractivity contribution in [3.05, 3.63) is 23.2 Å². The maximum atomic E-state index is 8.82. The molecular weight excluding hydrogens is 352 g/mol. The molecule has 0 bridgehead atoms. The van der Waals surface area contributed by atoms with E-state index in [1.165, 1.54) is 32.1 Å². The fraction of sp³-hybridized carbons (Fsp3) is 0.714. The van der Waals surface area contributed by atoms with Gasteiger partial charge in [-0.05, 0) is 45.1 Å². The first-order valence-corrected chi connectivity index (χ1v) is 10.7. The van der Waals surface area contributed by atoms with Crippen molar-refractivity contribution in [2.75, 3.05) is 13.1 Å². The van der Waals surface area contributed by atoms with E-state index < -0.39 is 0 Å². The Bertz CT molecular complexity index is 658. The molecule has 2 aliphatic heterocycles. The minimum Gasteiger partial charge on any atom is -0.402 e. The molecule has 156 valence electrons. The van der Waals surface area contributed by atoms with Crippen LogP contribution >= 0.6 is 0 Å². The van der Waals surface area contributed by atoms with Gasteiger partial charge in [0.2, 0.25) is 5.88 Å². The van der Waals surface area contributed by atoms with Gasteiger partial charge in [-0.2, -0.15) is 0 Å². The standard InChI is InChI=1S/C21H36N6O/c1-4-16-13-27(11-10-19(16)25-17-8-6-5-7-9-17)20(23)18(12-14(2)22)21-24-15(3)26-28-21/h12,16-17,19,23,25H,4-11,13,22H2,1-3H3,(H,24,26)/b14-12-,21-18-,23-20?. The van der Waals surface area contributed by atoms with Gasteiger partial charge in [-0.15, -0.1) is 0 Å². The van der Waals surface area contributed by atoms with E-state index in [1.54, 1.807) is 6.08 Å². The molecule has 1 saturated carbocycles. The molecule has 0 radical (unpaired) electrons. The smallest absolute Gasteiger partial charge is 0.239 e. The fourth-order valence-corrected chi connectivity index (χ4v) is 4.52. The van der Waals surface area contributed by atoms with Gasteiger partial charge in [0, 0.05) is 30.9 Å². The van der Waals surface area contributed by atoms with E-state index >= 15 is 0 Å². The van der Waals surface area contributed by atoms with E-state index in [-0.39, 0.29) is 0 Å². The lowest BCUT2D eigenvalue weighted by Crippen LogP contribution is -2.53. The molecule has 2 heterocycles. The molecule has 1 saturated heterocycles. The quantitative estimate of drug-likeness (QED) is 0.429. The number of oxime groups is 1. The zero-order valence-electron chi connectivity index (χ0n) is 17.6. The number of hydrogen-bond acceptors (Lipinski definition) is 6. The summed E-state index contributed by atoms with van der Waals surface area (Å²) >= 11 is 0. The van der Waals surface area contributed by atoms with Crippen molar-refractivity contribution in [2.24, 2.45) is 16.8 Å². The summed E-state index contributed by atoms with van der Waals surface area (Å²) in [5.74, 6) is 2.17. The van der Waals surface area contributed by atoms with Gasteiger partial charge in [0.1, 0.15) is 11.7 Å². The maximum absolute atomic E-state index is 8.82. The molecule has 2 unspecified atom stereocenters. The second-order valence-corrected chi connectivity index (χ2v) is 8.38. The van der Waals surface area contributed by atoms with Crippen LogP contribution in [0.1, 0.15) is 65.7 Å². The van der Waals surface area contributed by atoms with Gasteiger partial charge in [-0.25, -0.2) is 0 Å². The van der Waals surface area contributed by atoms with E-state index in [0.29, 0.717) is 46.8 Å². The van der Waals surface area contributed by atoms with Crippen molar-refractivity contribution >= 4 is 11.7 Å². The van der Waals surface area contributed by atoms with Crippen LogP contribution in [0.15, 0.2) is 28.4 Å². The van der Waals surface area contributed by atoms with Crippen LogP contribution in [0.25, 0.3) is 0 Å². The molecular formula is C21H36N6O. The molecule has 7 nitrogen and oxygen atoms in total. The minimum absolute atomic E-state index is 0.451. The van der Waals surface area contributed by atoms with Gasteiger partial charge in [-0.3, -0.25) is 5.41 Å². The van der Waals surface area contributed by atoms with E-state index in [1.807, 2.05) is 13.8 Å². The molecule has 3 aliphatic rings. The summed E-state index contributed by atoms with van der Waals surface area (Å²) in [5, 5.41) is 19.8. The van der Waals surface area contributed by atoms with Crippen molar-refractivity contribution in [3.8, 4) is 0 Å². The normalized spacial score (nSPS) is 28.5. The van der Waals surface area contributed by atoms with Crippen molar-refractivity contribution in [3.63, 3.8) is 0 Å². The van der Waals surface area contributed by atoms with Crippen molar-refractivity contribution in [1.29, 1.82) is 5.41 Å². The van der Waals surface area contributed by atoms with Crippen LogP contribution in [0.2, 0.25) is 0 Å². The Morgan fingerprint density at radius 2 is 2.11 bits per heavy atom. The largest absolute Gasteiger partial charge is 0.402 e. The highest BCUT2D eigenvalue weighted by Gasteiger charge is 2.32. The number of nitrogens with one attached hydrogen (secondary N) is 3. The van der Waals surface area contributed by atoms with Crippen molar-refractivity contribution in [2.45, 2.75) is 77.8 Å². The molecule has 2 atom stereocenters. The molecule has 2 fully saturated rings. The monoisotopic (exact) mass is 388 g/mol. The van der Waals surface area contributed by atoms with Crippen LogP contribution in [0, 0.1) is 11.3 Å². The molecule has 0 aromatic carbocycles. The molecule has 0 aromatic rings. The van der Waals surface area contributed by atoms with Crippen LogP contribution in [-0.2, 0) is 4.84 Å². The van der Waals surface area contributed by atoms with Crippen LogP contribution < -0.4 is 16.4 Å². The zero-order chi connectivity index (χ0) is 20.1. The molecule has 1 aliphatic carbocycles. The lowest BCUT2D eigenvalue weighted by Gasteiger charge is -2.42. The molecule has 0 aromatic heterocycles. The van der Waals surface area contributed by atoms with Gasteiger partial charge in [0.25, 0.3) is 0 Å². The highest BCUT2D eigenvalue weighted by atomic mass is 16.7. The number of likely N-dealkylation sites (tertiary alicyclic amines) is 1. The Morgan fingerprint density at radius 3 is 2.71 bits per heavy atom. The van der Waals surface area contributed by atoms with E-state index in [2.05, 4.69) is 27.6 Å². The molecule has 28 heavy (non-hydrogen) atoms. The summed E-state index contributed by atoms with van der Waals surface area (Å²) in [5.41, 5.74) is 7.23. The van der Waals surface area contributed by atoms with Crippen LogP contribution in [0.4, 0.5) is 0 Å². The first-order valence-electron chi connectivity index (χ1n) is 10.7. The summed E-state index contributed by atoms with van der Waals surface area (Å²) in [4.78, 5) is 7.55. The predicted molar refractivity (Wildman–Crippen MR) is 114 cm³/mol. The average Bonchev–Trinajstić information content (AvgIpc) is 3.12. The molecule has 0 spiro atoms. The van der Waals surface area contributed by atoms with Gasteiger partial charge >= 0.3 is 0 Å². The zero-order valence-corrected chi connectivity index (χ0v) is 17.6. The molecule has 3 rings (SSSR count). The van der Waals surface area contributed by atoms with Gasteiger partial charge in [0.05, 0.1) is 5.57 Å². The number of piperidine rings is 1. The first-order chi connectivity index (χ1) is 13.5. The van der Waals surface area contributed by atoms with Crippen molar-refractivity contribution < 1.29 is 4.84 Å². The van der Waals surface area contributed by atoms with Crippen molar-refractivity contribution in [1.82, 2.24) is 15.5 Å². The second-order valence-electron chi connectivity index (χ2n) is 8.38. The van der Waals surface area contributed by atoms with Crippen LogP contribution in [0.3, 0.4) is 0 Å². The Morgan fingerprint density at radius 1 is 1.36 bits per heavy atom. The van der Waals surface area contributed by atoms with Gasteiger partial charge in [-0.1, -0.05) is 37.8 Å². The Balaban J connectivity index is 1.68. The lowest BCUT2D eigenvalue weighted by molar-refractivity contribution is 0.172. The summed E-state index contributed by atoms with van der Waals surface area (Å²) in [6, 6.07) is 1.22. The van der Waals surface area contributed by atoms with Crippen LogP contribution in [0.5, 0.6) is 0 Å². The summed E-state index contributed by atoms with van der Waals surface area (Å²) < 4.78 is 0. The number of allylic oxidation sites excluding steroid dienone is 1. The molecule has 5 N–H and O–H groups in total. The number of amidine groups is 2. The number of nitrogens with zero attached hydrogens (tertiary/aromatic N) is 2. The first kappa shape index (κ1) is 20.7. The number of hydrogen-bond donors (Lipinski definition) is 4. The number of rotatable bonds is 5. The average molecular weight is 389 g/mol. The Kier molecular flexibility index (Phi) is 6.99. The molecule has 7 heteroatoms. The van der Waals surface area contributed by atoms with Crippen LogP contribution in [-0.4, -0.2) is 41.7 Å². The Hall–Kier alpha value is -2.02. The second kappa shape index (κ2) is 9.45. The van der Waals surface area contributed by atoms with E-state index in [0.717, 1.165) is 25.9 Å². The fourth-order valence-electron chi connectivity index (χ4n) is 4.52. The maximum Gasteiger partial charge on any atom is 0.239 e. The summed E-state index contributed by atoms with van der Waals surface area (Å²) in [6.45, 7) is 7.67. The Labute approximate surface area is 168 Å². The summed E-state index contributed by atoms with van der Waals surface area (Å²) in [7, 11) is 0. The summed E-state index contributed by atoms with van der Waals surface area (Å²) in [6.07, 6.45) is 10.7. The van der Waals surface area contributed by atoms with Gasteiger partial charge in [0.15, 0.2) is 0 Å². The lowest BCUT2D eigenvalue weighted by atomic mass is 9.87. The third kappa shape index (κ3) is 5.07. The van der Waals surface area contributed by atoms with E-state index in [9.17, 15) is 0 Å². The van der Waals surface area contributed by atoms with Gasteiger partial charge < -0.3 is 26.1 Å².